The smallest absolute Gasteiger partial charge is 0.411 e. The molecule has 12 heavy (non-hydrogen) atoms. The quantitative estimate of drug-likeness (QED) is 0.585. The highest BCUT2D eigenvalue weighted by atomic mass is 16.4. The molecule has 0 aromatic rings. The van der Waals surface area contributed by atoms with E-state index in [2.05, 4.69) is 4.99 Å². The lowest BCUT2D eigenvalue weighted by atomic mass is 10.1. The number of carbonyl (C=O) groups is 1. The second-order valence-electron chi connectivity index (χ2n) is 2.70. The highest BCUT2D eigenvalue weighted by Crippen LogP contribution is 2.18. The number of fused-ring (bicyclic) bond motifs is 1. The third-order valence-electron chi connectivity index (χ3n) is 1.95. The normalized spacial score (nSPS) is 20.2. The predicted molar refractivity (Wildman–Crippen MR) is 44.0 cm³/mol. The van der Waals surface area contributed by atoms with Crippen molar-refractivity contribution in [1.29, 1.82) is 0 Å². The van der Waals surface area contributed by atoms with Crippen LogP contribution in [-0.4, -0.2) is 28.4 Å². The Morgan fingerprint density at radius 2 is 2.50 bits per heavy atom. The number of rotatable bonds is 0. The Kier molecular flexibility index (Phi) is 1.46. The molecule has 2 heterocycles. The fourth-order valence-corrected chi connectivity index (χ4v) is 1.31. The van der Waals surface area contributed by atoms with Gasteiger partial charge in [0.05, 0.1) is 5.71 Å². The lowest BCUT2D eigenvalue weighted by Gasteiger charge is -2.20. The number of nitrogens with zero attached hydrogens (tertiary/aromatic N) is 2. The van der Waals surface area contributed by atoms with Crippen molar-refractivity contribution in [1.82, 2.24) is 4.90 Å². The zero-order valence-electron chi connectivity index (χ0n) is 6.40. The average Bonchev–Trinajstić information content (AvgIpc) is 2.49. The van der Waals surface area contributed by atoms with Crippen LogP contribution in [0, 0.1) is 0 Å². The second-order valence-corrected chi connectivity index (χ2v) is 2.70. The zero-order valence-corrected chi connectivity index (χ0v) is 6.40. The molecule has 0 spiro atoms. The van der Waals surface area contributed by atoms with Crippen LogP contribution in [0.25, 0.3) is 0 Å². The molecule has 0 saturated carbocycles. The van der Waals surface area contributed by atoms with Gasteiger partial charge in [0.15, 0.2) is 0 Å². The van der Waals surface area contributed by atoms with Crippen LogP contribution in [0.15, 0.2) is 29.0 Å². The van der Waals surface area contributed by atoms with E-state index in [0.717, 1.165) is 11.3 Å². The van der Waals surface area contributed by atoms with Gasteiger partial charge in [-0.15, -0.1) is 0 Å². The van der Waals surface area contributed by atoms with Gasteiger partial charge in [0.2, 0.25) is 0 Å². The van der Waals surface area contributed by atoms with Gasteiger partial charge in [-0.05, 0) is 6.08 Å². The molecule has 0 bridgehead atoms. The van der Waals surface area contributed by atoms with Crippen LogP contribution in [0.3, 0.4) is 0 Å². The molecular formula is C8H8N2O2. The van der Waals surface area contributed by atoms with Crippen LogP contribution in [0.1, 0.15) is 6.42 Å². The number of amides is 1. The number of aliphatic imine (C=N–C) groups is 1. The van der Waals surface area contributed by atoms with Crippen LogP contribution in [0.2, 0.25) is 0 Å². The van der Waals surface area contributed by atoms with Gasteiger partial charge in [-0.25, -0.2) is 4.79 Å². The molecule has 62 valence electrons. The van der Waals surface area contributed by atoms with Gasteiger partial charge in [0.25, 0.3) is 0 Å². The van der Waals surface area contributed by atoms with Crippen molar-refractivity contribution in [2.24, 2.45) is 4.99 Å². The van der Waals surface area contributed by atoms with Gasteiger partial charge >= 0.3 is 6.09 Å². The third-order valence-corrected chi connectivity index (χ3v) is 1.95. The predicted octanol–water partition coefficient (Wildman–Crippen LogP) is 1.22. The lowest BCUT2D eigenvalue weighted by molar-refractivity contribution is 0.163. The molecule has 2 aliphatic rings. The Morgan fingerprint density at radius 3 is 3.25 bits per heavy atom. The van der Waals surface area contributed by atoms with Crippen LogP contribution < -0.4 is 0 Å². The first kappa shape index (κ1) is 7.09. The average molecular weight is 164 g/mol. The van der Waals surface area contributed by atoms with E-state index in [0.29, 0.717) is 13.0 Å². The maximum Gasteiger partial charge on any atom is 0.411 e. The maximum absolute atomic E-state index is 10.6. The minimum absolute atomic E-state index is 0.513. The van der Waals surface area contributed by atoms with E-state index < -0.39 is 6.09 Å². The Bertz CT molecular complexity index is 315. The number of hydrogen-bond acceptors (Lipinski definition) is 2. The molecule has 2 aliphatic heterocycles. The van der Waals surface area contributed by atoms with Crippen molar-refractivity contribution in [3.8, 4) is 0 Å². The van der Waals surface area contributed by atoms with Gasteiger partial charge in [-0.1, -0.05) is 0 Å². The zero-order chi connectivity index (χ0) is 8.55. The summed E-state index contributed by atoms with van der Waals surface area (Å²) in [5.41, 5.74) is 1.91. The van der Waals surface area contributed by atoms with Crippen molar-refractivity contribution in [2.75, 3.05) is 6.54 Å². The first-order chi connectivity index (χ1) is 5.77. The first-order valence-electron chi connectivity index (χ1n) is 3.72. The Morgan fingerprint density at radius 1 is 1.67 bits per heavy atom. The summed E-state index contributed by atoms with van der Waals surface area (Å²) >= 11 is 0. The minimum atomic E-state index is -0.901. The lowest BCUT2D eigenvalue weighted by Crippen LogP contribution is -2.30. The molecule has 0 aromatic carbocycles. The van der Waals surface area contributed by atoms with Crippen molar-refractivity contribution >= 4 is 11.8 Å². The summed E-state index contributed by atoms with van der Waals surface area (Å²) in [6.45, 7) is 0.513. The number of hydrogen-bond donors (Lipinski definition) is 1. The monoisotopic (exact) mass is 164 g/mol. The van der Waals surface area contributed by atoms with E-state index in [1.165, 1.54) is 4.90 Å². The molecular weight excluding hydrogens is 156 g/mol. The summed E-state index contributed by atoms with van der Waals surface area (Å²) < 4.78 is 0. The molecule has 2 rings (SSSR count). The molecule has 0 aromatic heterocycles. The van der Waals surface area contributed by atoms with Gasteiger partial charge in [-0.2, -0.15) is 0 Å². The number of allylic oxidation sites excluding steroid dienone is 2. The molecule has 0 saturated heterocycles. The van der Waals surface area contributed by atoms with E-state index >= 15 is 0 Å². The van der Waals surface area contributed by atoms with Crippen LogP contribution in [0.4, 0.5) is 4.79 Å². The summed E-state index contributed by atoms with van der Waals surface area (Å²) in [6.07, 6.45) is 4.96. The Labute approximate surface area is 69.5 Å². The second kappa shape index (κ2) is 2.48. The molecule has 1 N–H and O–H groups in total. The Balaban J connectivity index is 2.27. The van der Waals surface area contributed by atoms with E-state index in [1.807, 2.05) is 6.08 Å². The van der Waals surface area contributed by atoms with Crippen molar-refractivity contribution in [2.45, 2.75) is 6.42 Å². The summed E-state index contributed by atoms with van der Waals surface area (Å²) in [4.78, 5) is 15.9. The van der Waals surface area contributed by atoms with Crippen LogP contribution in [-0.2, 0) is 0 Å². The molecule has 4 nitrogen and oxygen atoms in total. The Hall–Kier alpha value is -1.58. The van der Waals surface area contributed by atoms with Crippen LogP contribution >= 0.6 is 0 Å². The molecule has 0 atom stereocenters. The van der Waals surface area contributed by atoms with E-state index in [4.69, 9.17) is 5.11 Å². The van der Waals surface area contributed by atoms with Crippen molar-refractivity contribution < 1.29 is 9.90 Å². The minimum Gasteiger partial charge on any atom is -0.465 e. The molecule has 0 fully saturated rings. The van der Waals surface area contributed by atoms with Crippen LogP contribution in [0.5, 0.6) is 0 Å². The van der Waals surface area contributed by atoms with Crippen molar-refractivity contribution in [3.05, 3.63) is 24.0 Å². The fourth-order valence-electron chi connectivity index (χ4n) is 1.31. The molecule has 0 aliphatic carbocycles. The van der Waals surface area contributed by atoms with E-state index in [1.54, 1.807) is 12.4 Å². The van der Waals surface area contributed by atoms with Gasteiger partial charge < -0.3 is 5.11 Å². The summed E-state index contributed by atoms with van der Waals surface area (Å²) in [5, 5.41) is 8.68. The summed E-state index contributed by atoms with van der Waals surface area (Å²) in [7, 11) is 0. The van der Waals surface area contributed by atoms with Gasteiger partial charge in [0.1, 0.15) is 0 Å². The number of carboxylic acid groups (broad SMARTS) is 1. The van der Waals surface area contributed by atoms with Crippen molar-refractivity contribution in [3.63, 3.8) is 0 Å². The molecule has 0 unspecified atom stereocenters. The van der Waals surface area contributed by atoms with E-state index in [-0.39, 0.29) is 0 Å². The molecule has 4 heteroatoms. The summed E-state index contributed by atoms with van der Waals surface area (Å²) in [6, 6.07) is 0. The first-order valence-corrected chi connectivity index (χ1v) is 3.72. The standard InChI is InChI=1S/C8H8N2O2/c11-8(12)10-4-2-7-6(5-10)1-3-9-7/h1,3,5H,2,4H2,(H,11,12). The molecule has 0 radical (unpaired) electrons. The highest BCUT2D eigenvalue weighted by Gasteiger charge is 2.20. The fraction of sp³-hybridized carbons (Fsp3) is 0.250. The topological polar surface area (TPSA) is 52.9 Å². The van der Waals surface area contributed by atoms with E-state index in [9.17, 15) is 4.79 Å². The largest absolute Gasteiger partial charge is 0.465 e. The van der Waals surface area contributed by atoms with Gasteiger partial charge in [-0.3, -0.25) is 9.89 Å². The SMILES string of the molecule is O=C(O)N1C=C2C=CN=C2CC1. The summed E-state index contributed by atoms with van der Waals surface area (Å²) in [5.74, 6) is 0. The highest BCUT2D eigenvalue weighted by molar-refractivity contribution is 6.05. The maximum atomic E-state index is 10.6. The van der Waals surface area contributed by atoms with Gasteiger partial charge in [0, 0.05) is 30.9 Å². The third kappa shape index (κ3) is 1.01. The molecule has 1 amide bonds.